The zero-order chi connectivity index (χ0) is 21.9. The first-order valence-electron chi connectivity index (χ1n) is 10.4. The summed E-state index contributed by atoms with van der Waals surface area (Å²) in [7, 11) is 0. The molecule has 0 aliphatic rings. The van der Waals surface area contributed by atoms with Gasteiger partial charge in [-0.15, -0.1) is 11.1 Å². The van der Waals surface area contributed by atoms with Crippen LogP contribution in [0.1, 0.15) is 35.8 Å². The van der Waals surface area contributed by atoms with Crippen LogP contribution in [-0.4, -0.2) is 10.2 Å². The Bertz CT molecular complexity index is 1010. The molecular formula is C29H28Fe2O2-8. The van der Waals surface area contributed by atoms with E-state index < -0.39 is 6.10 Å². The van der Waals surface area contributed by atoms with E-state index >= 15 is 0 Å². The first-order chi connectivity index (χ1) is 15.1. The summed E-state index contributed by atoms with van der Waals surface area (Å²) in [5.74, 6) is 0. The molecule has 2 unspecified atom stereocenters. The standard InChI is InChI=1S/C12H11O.C10H8.C7H9O.2Fe/c13-12(11-8-4-5-9-11)10-6-2-1-3-7-10;1-2-6-9(5-1)10-7-3-4-8-10;1-6(8)7-4-2-3-5-7;;/h1-9,12-13H;1-8H;2-6,8H,1H3;;/q-1;-6;-1;;. The van der Waals surface area contributed by atoms with Crippen molar-refractivity contribution in [3.05, 3.63) is 144 Å². The van der Waals surface area contributed by atoms with Crippen LogP contribution < -0.4 is 0 Å². The van der Waals surface area contributed by atoms with E-state index in [9.17, 15) is 5.11 Å². The van der Waals surface area contributed by atoms with Gasteiger partial charge in [0.1, 0.15) is 0 Å². The summed E-state index contributed by atoms with van der Waals surface area (Å²) < 4.78 is 0. The molecular weight excluding hydrogens is 492 g/mol. The number of hydrogen-bond donors (Lipinski definition) is 2. The molecule has 0 saturated carbocycles. The van der Waals surface area contributed by atoms with Crippen LogP contribution in [0.4, 0.5) is 0 Å². The molecule has 0 spiro atoms. The van der Waals surface area contributed by atoms with Gasteiger partial charge in [-0.05, 0) is 12.5 Å². The van der Waals surface area contributed by atoms with Gasteiger partial charge >= 0.3 is 0 Å². The maximum atomic E-state index is 9.88. The number of aliphatic hydroxyl groups excluding tert-OH is 2. The summed E-state index contributed by atoms with van der Waals surface area (Å²) in [6.07, 6.45) is -0.804. The number of aliphatic hydroxyl groups is 2. The zero-order valence-electron chi connectivity index (χ0n) is 18.4. The Labute approximate surface area is 218 Å². The summed E-state index contributed by atoms with van der Waals surface area (Å²) in [6, 6.07) is 41.8. The number of benzene rings is 1. The second-order valence-electron chi connectivity index (χ2n) is 7.27. The third kappa shape index (κ3) is 9.15. The third-order valence-electron chi connectivity index (χ3n) is 4.95. The zero-order valence-corrected chi connectivity index (χ0v) is 20.6. The fraction of sp³-hybridized carbons (Fsp3) is 0.103. The van der Waals surface area contributed by atoms with Gasteiger partial charge in [0.25, 0.3) is 0 Å². The minimum absolute atomic E-state index is 0. The molecule has 33 heavy (non-hydrogen) atoms. The second-order valence-corrected chi connectivity index (χ2v) is 7.27. The van der Waals surface area contributed by atoms with Crippen LogP contribution in [0.2, 0.25) is 0 Å². The van der Waals surface area contributed by atoms with E-state index in [1.54, 1.807) is 6.92 Å². The molecule has 5 rings (SSSR count). The van der Waals surface area contributed by atoms with Crippen molar-refractivity contribution in [2.75, 3.05) is 0 Å². The topological polar surface area (TPSA) is 40.5 Å². The van der Waals surface area contributed by atoms with Crippen molar-refractivity contribution in [2.45, 2.75) is 19.1 Å². The van der Waals surface area contributed by atoms with Crippen molar-refractivity contribution in [2.24, 2.45) is 0 Å². The van der Waals surface area contributed by atoms with Crippen molar-refractivity contribution >= 4 is 0 Å². The summed E-state index contributed by atoms with van der Waals surface area (Å²) >= 11 is 0. The number of hydrogen-bond acceptors (Lipinski definition) is 2. The molecule has 0 aliphatic carbocycles. The predicted molar refractivity (Wildman–Crippen MR) is 128 cm³/mol. The largest absolute Gasteiger partial charge is 0.565 e. The summed E-state index contributed by atoms with van der Waals surface area (Å²) in [5.41, 5.74) is 5.50. The van der Waals surface area contributed by atoms with Crippen molar-refractivity contribution in [1.82, 2.24) is 0 Å². The average Bonchev–Trinajstić information content (AvgIpc) is 3.63. The maximum Gasteiger partial charge on any atom is 0.0602 e. The van der Waals surface area contributed by atoms with E-state index in [0.29, 0.717) is 0 Å². The minimum Gasteiger partial charge on any atom is -0.565 e. The van der Waals surface area contributed by atoms with E-state index in [1.165, 1.54) is 11.1 Å². The first-order valence-corrected chi connectivity index (χ1v) is 10.4. The molecule has 2 nitrogen and oxygen atoms in total. The van der Waals surface area contributed by atoms with Gasteiger partial charge in [0.15, 0.2) is 0 Å². The Morgan fingerprint density at radius 2 is 1.09 bits per heavy atom. The Morgan fingerprint density at radius 1 is 0.636 bits per heavy atom. The molecule has 180 valence electrons. The molecule has 0 saturated heterocycles. The molecule has 5 aromatic carbocycles. The molecule has 0 aromatic heterocycles. The monoisotopic (exact) mass is 520 g/mol. The minimum atomic E-state index is -0.490. The van der Waals surface area contributed by atoms with Crippen LogP contribution in [0.5, 0.6) is 0 Å². The molecule has 0 bridgehead atoms. The van der Waals surface area contributed by atoms with E-state index in [2.05, 4.69) is 48.5 Å². The normalized spacial score (nSPS) is 11.4. The Balaban J connectivity index is 0.000000247. The Morgan fingerprint density at radius 3 is 1.55 bits per heavy atom. The van der Waals surface area contributed by atoms with Gasteiger partial charge in [0.2, 0.25) is 0 Å². The van der Waals surface area contributed by atoms with Crippen molar-refractivity contribution in [3.8, 4) is 11.1 Å². The summed E-state index contributed by atoms with van der Waals surface area (Å²) in [5, 5.41) is 18.8. The van der Waals surface area contributed by atoms with Crippen molar-refractivity contribution < 1.29 is 44.4 Å². The van der Waals surface area contributed by atoms with Gasteiger partial charge in [0, 0.05) is 40.2 Å². The molecule has 0 radical (unpaired) electrons. The molecule has 5 aromatic rings. The van der Waals surface area contributed by atoms with Crippen molar-refractivity contribution in [3.63, 3.8) is 0 Å². The van der Waals surface area contributed by atoms with Crippen LogP contribution in [0.25, 0.3) is 11.1 Å². The van der Waals surface area contributed by atoms with Gasteiger partial charge in [-0.25, -0.2) is 24.3 Å². The van der Waals surface area contributed by atoms with E-state index in [0.717, 1.165) is 16.7 Å². The summed E-state index contributed by atoms with van der Waals surface area (Å²) in [4.78, 5) is 0. The van der Waals surface area contributed by atoms with E-state index in [-0.39, 0.29) is 40.2 Å². The van der Waals surface area contributed by atoms with Gasteiger partial charge in [-0.3, -0.25) is 0 Å². The average molecular weight is 520 g/mol. The summed E-state index contributed by atoms with van der Waals surface area (Å²) in [6.45, 7) is 1.76. The van der Waals surface area contributed by atoms with Crippen LogP contribution in [0.15, 0.2) is 127 Å². The smallest absolute Gasteiger partial charge is 0.0602 e. The first kappa shape index (κ1) is 28.6. The van der Waals surface area contributed by atoms with Crippen LogP contribution in [-0.2, 0) is 34.1 Å². The number of rotatable bonds is 4. The fourth-order valence-electron chi connectivity index (χ4n) is 3.20. The molecule has 2 atom stereocenters. The van der Waals surface area contributed by atoms with Crippen LogP contribution in [0, 0.1) is 0 Å². The molecule has 0 fully saturated rings. The quantitative estimate of drug-likeness (QED) is 0.204. The van der Waals surface area contributed by atoms with Crippen LogP contribution in [0.3, 0.4) is 0 Å². The second kappa shape index (κ2) is 15.4. The van der Waals surface area contributed by atoms with Gasteiger partial charge < -0.3 is 69.9 Å². The van der Waals surface area contributed by atoms with Crippen LogP contribution >= 0.6 is 0 Å². The molecule has 0 amide bonds. The Hall–Kier alpha value is -2.42. The van der Waals surface area contributed by atoms with E-state index in [1.807, 2.05) is 78.9 Å². The Kier molecular flexibility index (Phi) is 13.4. The van der Waals surface area contributed by atoms with Gasteiger partial charge in [0.05, 0.1) is 6.10 Å². The predicted octanol–water partition coefficient (Wildman–Crippen LogP) is 6.73. The van der Waals surface area contributed by atoms with Gasteiger partial charge in [-0.2, -0.15) is 24.3 Å². The maximum absolute atomic E-state index is 9.88. The molecule has 2 N–H and O–H groups in total. The van der Waals surface area contributed by atoms with Gasteiger partial charge in [-0.1, -0.05) is 30.3 Å². The van der Waals surface area contributed by atoms with Crippen molar-refractivity contribution in [1.29, 1.82) is 0 Å². The molecule has 0 heterocycles. The van der Waals surface area contributed by atoms with E-state index in [4.69, 9.17) is 5.11 Å². The SMILES string of the molecule is CC(O)[c-]1cccc1.OC(c1ccccc1)[c-]1cccc1.[Fe].[Fe].c1cc[c-](-[c-]2[cH-][cH-][cH-][cH-]2)c1. The fourth-order valence-corrected chi connectivity index (χ4v) is 3.20. The molecule has 0 aliphatic heterocycles. The third-order valence-corrected chi connectivity index (χ3v) is 4.95. The molecule has 4 heteroatoms.